The monoisotopic (exact) mass is 441 g/mol. The van der Waals surface area contributed by atoms with Crippen LogP contribution >= 0.6 is 0 Å². The summed E-state index contributed by atoms with van der Waals surface area (Å²) in [6.45, 7) is 2.22. The molecule has 2 aliphatic rings. The predicted octanol–water partition coefficient (Wildman–Crippen LogP) is 5.40. The van der Waals surface area contributed by atoms with Gasteiger partial charge in [-0.2, -0.15) is 0 Å². The van der Waals surface area contributed by atoms with E-state index in [0.29, 0.717) is 12.1 Å². The van der Waals surface area contributed by atoms with Crippen LogP contribution in [-0.4, -0.2) is 48.7 Å². The molecule has 0 radical (unpaired) electrons. The Labute approximate surface area is 193 Å². The van der Waals surface area contributed by atoms with Crippen LogP contribution in [0.1, 0.15) is 82.6 Å². The highest BCUT2D eigenvalue weighted by molar-refractivity contribution is 5.79. The fourth-order valence-electron chi connectivity index (χ4n) is 4.91. The smallest absolute Gasteiger partial charge is 0.317 e. The average molecular weight is 442 g/mol. The molecule has 2 unspecified atom stereocenters. The second-order valence-electron chi connectivity index (χ2n) is 9.25. The van der Waals surface area contributed by atoms with Crippen molar-refractivity contribution in [2.75, 3.05) is 13.7 Å². The molecular formula is C27H39NO4. The molecule has 0 spiro atoms. The maximum absolute atomic E-state index is 13.1. The van der Waals surface area contributed by atoms with E-state index in [2.05, 4.69) is 18.9 Å². The van der Waals surface area contributed by atoms with E-state index in [4.69, 9.17) is 9.47 Å². The lowest BCUT2D eigenvalue weighted by Crippen LogP contribution is -2.44. The summed E-state index contributed by atoms with van der Waals surface area (Å²) in [5, 5.41) is 0. The summed E-state index contributed by atoms with van der Waals surface area (Å²) in [6, 6.07) is 10.5. The van der Waals surface area contributed by atoms with E-state index >= 15 is 0 Å². The van der Waals surface area contributed by atoms with Gasteiger partial charge in [-0.3, -0.25) is 9.59 Å². The summed E-state index contributed by atoms with van der Waals surface area (Å²) < 4.78 is 11.4. The first-order valence-corrected chi connectivity index (χ1v) is 12.4. The van der Waals surface area contributed by atoms with Gasteiger partial charge in [-0.15, -0.1) is 0 Å². The van der Waals surface area contributed by atoms with Crippen LogP contribution in [0.25, 0.3) is 0 Å². The highest BCUT2D eigenvalue weighted by Gasteiger charge is 2.40. The molecule has 2 aliphatic heterocycles. The molecule has 3 rings (SSSR count). The van der Waals surface area contributed by atoms with Gasteiger partial charge in [-0.1, -0.05) is 68.7 Å². The first-order chi connectivity index (χ1) is 15.6. The number of ether oxygens (including phenoxy) is 2. The zero-order valence-electron chi connectivity index (χ0n) is 19.7. The standard InChI is InChI=1S/C27H39NO4/c1-3-4-5-6-7-8-12-15-26(29)31-20-25(21-13-10-9-11-14-21)27(30)32-24-18-22-16-17-23(19-24)28(22)2/h8-14,22-25H,3-7,15-20H2,1-2H3/b12-8+/t22-,23+,24?,25?. The number of benzene rings is 1. The third-order valence-electron chi connectivity index (χ3n) is 6.91. The maximum Gasteiger partial charge on any atom is 0.317 e. The molecule has 0 N–H and O–H groups in total. The lowest BCUT2D eigenvalue weighted by Gasteiger charge is -2.36. The first kappa shape index (κ1) is 24.5. The van der Waals surface area contributed by atoms with E-state index in [1.807, 2.05) is 42.5 Å². The van der Waals surface area contributed by atoms with Gasteiger partial charge in [0.25, 0.3) is 0 Å². The minimum absolute atomic E-state index is 0.0193. The van der Waals surface area contributed by atoms with Crippen molar-refractivity contribution in [2.45, 2.75) is 95.2 Å². The van der Waals surface area contributed by atoms with E-state index in [9.17, 15) is 9.59 Å². The number of nitrogens with zero attached hydrogens (tertiary/aromatic N) is 1. The molecule has 32 heavy (non-hydrogen) atoms. The second-order valence-corrected chi connectivity index (χ2v) is 9.25. The van der Waals surface area contributed by atoms with Crippen LogP contribution in [0, 0.1) is 0 Å². The molecule has 0 saturated carbocycles. The lowest BCUT2D eigenvalue weighted by atomic mass is 9.98. The number of fused-ring (bicyclic) bond motifs is 2. The summed E-state index contributed by atoms with van der Waals surface area (Å²) in [5.74, 6) is -1.18. The number of carbonyl (C=O) groups excluding carboxylic acids is 2. The molecule has 1 aromatic carbocycles. The van der Waals surface area contributed by atoms with Gasteiger partial charge in [0.2, 0.25) is 0 Å². The summed E-state index contributed by atoms with van der Waals surface area (Å²) in [7, 11) is 2.17. The number of unbranched alkanes of at least 4 members (excludes halogenated alkanes) is 4. The zero-order chi connectivity index (χ0) is 22.8. The number of piperidine rings is 1. The minimum Gasteiger partial charge on any atom is -0.464 e. The Balaban J connectivity index is 1.49. The SMILES string of the molecule is CCCCCC/C=C/CC(=O)OCC(C(=O)OC1C[C@H]2CC[C@@H](C1)N2C)c1ccccc1. The Morgan fingerprint density at radius 2 is 1.78 bits per heavy atom. The first-order valence-electron chi connectivity index (χ1n) is 12.4. The van der Waals surface area contributed by atoms with Crippen LogP contribution in [0.15, 0.2) is 42.5 Å². The molecule has 0 aliphatic carbocycles. The quantitative estimate of drug-likeness (QED) is 0.247. The van der Waals surface area contributed by atoms with Crippen LogP contribution in [-0.2, 0) is 19.1 Å². The van der Waals surface area contributed by atoms with Gasteiger partial charge in [0.15, 0.2) is 0 Å². The molecule has 2 saturated heterocycles. The van der Waals surface area contributed by atoms with Crippen LogP contribution in [0.4, 0.5) is 0 Å². The molecule has 2 fully saturated rings. The molecule has 2 bridgehead atoms. The van der Waals surface area contributed by atoms with Gasteiger partial charge in [-0.25, -0.2) is 0 Å². The fraction of sp³-hybridized carbons (Fsp3) is 0.630. The molecular weight excluding hydrogens is 402 g/mol. The van der Waals surface area contributed by atoms with E-state index in [1.165, 1.54) is 32.1 Å². The summed E-state index contributed by atoms with van der Waals surface area (Å²) in [4.78, 5) is 27.7. The molecule has 5 nitrogen and oxygen atoms in total. The molecule has 4 atom stereocenters. The van der Waals surface area contributed by atoms with E-state index < -0.39 is 5.92 Å². The van der Waals surface area contributed by atoms with Crippen molar-refractivity contribution in [1.29, 1.82) is 0 Å². The fourth-order valence-corrected chi connectivity index (χ4v) is 4.91. The summed E-state index contributed by atoms with van der Waals surface area (Å²) in [6.07, 6.45) is 14.1. The van der Waals surface area contributed by atoms with E-state index in [1.54, 1.807) is 0 Å². The Kier molecular flexibility index (Phi) is 9.79. The van der Waals surface area contributed by atoms with Crippen molar-refractivity contribution in [1.82, 2.24) is 4.90 Å². The van der Waals surface area contributed by atoms with Crippen LogP contribution in [0.3, 0.4) is 0 Å². The van der Waals surface area contributed by atoms with Gasteiger partial charge in [-0.05, 0) is 51.1 Å². The second kappa shape index (κ2) is 12.8. The van der Waals surface area contributed by atoms with Crippen molar-refractivity contribution < 1.29 is 19.1 Å². The van der Waals surface area contributed by atoms with Crippen molar-refractivity contribution in [3.8, 4) is 0 Å². The number of esters is 2. The van der Waals surface area contributed by atoms with Crippen molar-refractivity contribution in [2.24, 2.45) is 0 Å². The largest absolute Gasteiger partial charge is 0.464 e. The highest BCUT2D eigenvalue weighted by atomic mass is 16.6. The third-order valence-corrected chi connectivity index (χ3v) is 6.91. The highest BCUT2D eigenvalue weighted by Crippen LogP contribution is 2.36. The van der Waals surface area contributed by atoms with Gasteiger partial charge >= 0.3 is 11.9 Å². The number of allylic oxidation sites excluding steroid dienone is 1. The van der Waals surface area contributed by atoms with Gasteiger partial charge in [0.05, 0.1) is 6.42 Å². The van der Waals surface area contributed by atoms with Crippen molar-refractivity contribution in [3.05, 3.63) is 48.0 Å². The molecule has 1 aromatic rings. The Morgan fingerprint density at radius 1 is 1.06 bits per heavy atom. The average Bonchev–Trinajstić information content (AvgIpc) is 2.99. The number of hydrogen-bond donors (Lipinski definition) is 0. The molecule has 2 heterocycles. The zero-order valence-corrected chi connectivity index (χ0v) is 19.7. The molecule has 0 aromatic heterocycles. The topological polar surface area (TPSA) is 55.8 Å². The Hall–Kier alpha value is -2.14. The summed E-state index contributed by atoms with van der Waals surface area (Å²) >= 11 is 0. The van der Waals surface area contributed by atoms with Crippen LogP contribution in [0.2, 0.25) is 0 Å². The third kappa shape index (κ3) is 7.19. The molecule has 5 heteroatoms. The number of carbonyl (C=O) groups is 2. The maximum atomic E-state index is 13.1. The number of rotatable bonds is 12. The predicted molar refractivity (Wildman–Crippen MR) is 126 cm³/mol. The molecule has 0 amide bonds. The van der Waals surface area contributed by atoms with E-state index in [0.717, 1.165) is 31.2 Å². The lowest BCUT2D eigenvalue weighted by molar-refractivity contribution is -0.157. The van der Waals surface area contributed by atoms with E-state index in [-0.39, 0.29) is 31.1 Å². The van der Waals surface area contributed by atoms with Gasteiger partial charge < -0.3 is 14.4 Å². The van der Waals surface area contributed by atoms with Crippen LogP contribution < -0.4 is 0 Å². The van der Waals surface area contributed by atoms with Crippen molar-refractivity contribution in [3.63, 3.8) is 0 Å². The van der Waals surface area contributed by atoms with Gasteiger partial charge in [0, 0.05) is 12.1 Å². The number of hydrogen-bond acceptors (Lipinski definition) is 5. The van der Waals surface area contributed by atoms with Gasteiger partial charge in [0.1, 0.15) is 18.6 Å². The Bertz CT molecular complexity index is 733. The molecule has 176 valence electrons. The minimum atomic E-state index is -0.588. The Morgan fingerprint density at radius 3 is 2.47 bits per heavy atom. The summed E-state index contributed by atoms with van der Waals surface area (Å²) in [5.41, 5.74) is 0.827. The van der Waals surface area contributed by atoms with Crippen molar-refractivity contribution >= 4 is 11.9 Å². The van der Waals surface area contributed by atoms with Crippen LogP contribution in [0.5, 0.6) is 0 Å². The normalized spacial score (nSPS) is 23.9.